The molecule has 1 aromatic carbocycles. The van der Waals surface area contributed by atoms with E-state index in [9.17, 15) is 4.39 Å². The van der Waals surface area contributed by atoms with Crippen LogP contribution in [0.1, 0.15) is 18.4 Å². The summed E-state index contributed by atoms with van der Waals surface area (Å²) < 4.78 is 19.0. The number of benzene rings is 1. The predicted molar refractivity (Wildman–Crippen MR) is 63.2 cm³/mol. The Hall–Kier alpha value is -0.670. The number of hydrogen-bond donors (Lipinski definition) is 0. The lowest BCUT2D eigenvalue weighted by molar-refractivity contribution is 0.118. The monoisotopic (exact) mass is 272 g/mol. The fourth-order valence-corrected chi connectivity index (χ4v) is 1.55. The zero-order chi connectivity index (χ0) is 11.1. The highest BCUT2D eigenvalue weighted by atomic mass is 79.9. The Bertz CT molecular complexity index is 325. The minimum Gasteiger partial charge on any atom is -0.377 e. The van der Waals surface area contributed by atoms with E-state index in [4.69, 9.17) is 4.74 Å². The molecule has 0 saturated carbocycles. The molecule has 1 nitrogen and oxygen atoms in total. The summed E-state index contributed by atoms with van der Waals surface area (Å²) in [6.45, 7) is 4.75. The predicted octanol–water partition coefficient (Wildman–Crippen LogP) is 4.07. The third-order valence-corrected chi connectivity index (χ3v) is 2.87. The van der Waals surface area contributed by atoms with Gasteiger partial charge in [0, 0.05) is 6.61 Å². The maximum Gasteiger partial charge on any atom is 0.137 e. The van der Waals surface area contributed by atoms with E-state index in [-0.39, 0.29) is 5.82 Å². The van der Waals surface area contributed by atoms with E-state index in [2.05, 4.69) is 22.5 Å². The van der Waals surface area contributed by atoms with Crippen molar-refractivity contribution in [2.45, 2.75) is 19.4 Å². The van der Waals surface area contributed by atoms with Gasteiger partial charge in [0.25, 0.3) is 0 Å². The van der Waals surface area contributed by atoms with Crippen LogP contribution >= 0.6 is 15.9 Å². The summed E-state index contributed by atoms with van der Waals surface area (Å²) in [5.41, 5.74) is 0.841. The molecule has 82 valence electrons. The first-order valence-electron chi connectivity index (χ1n) is 4.87. The minimum atomic E-state index is -0.248. The number of allylic oxidation sites excluding steroid dienone is 1. The molecule has 1 aromatic rings. The van der Waals surface area contributed by atoms with Gasteiger partial charge in [0.15, 0.2) is 0 Å². The Morgan fingerprint density at radius 2 is 2.27 bits per heavy atom. The molecular weight excluding hydrogens is 259 g/mol. The lowest BCUT2D eigenvalue weighted by Gasteiger charge is -2.06. The summed E-state index contributed by atoms with van der Waals surface area (Å²) in [5.74, 6) is -0.248. The van der Waals surface area contributed by atoms with Crippen molar-refractivity contribution in [3.63, 3.8) is 0 Å². The molecule has 0 N–H and O–H groups in total. The number of unbranched alkanes of at least 4 members (excludes halogenated alkanes) is 1. The standard InChI is InChI=1S/C12H14BrFO/c1-2-3-4-8-15-9-10-6-5-7-11(14)12(10)13/h2,5-7H,1,3-4,8-9H2. The molecule has 3 heteroatoms. The van der Waals surface area contributed by atoms with Crippen LogP contribution in [0.2, 0.25) is 0 Å². The van der Waals surface area contributed by atoms with Crippen molar-refractivity contribution >= 4 is 15.9 Å². The number of rotatable bonds is 6. The van der Waals surface area contributed by atoms with Crippen molar-refractivity contribution in [2.24, 2.45) is 0 Å². The van der Waals surface area contributed by atoms with E-state index in [0.717, 1.165) is 18.4 Å². The van der Waals surface area contributed by atoms with Crippen LogP contribution in [0.5, 0.6) is 0 Å². The quantitative estimate of drug-likeness (QED) is 0.560. The topological polar surface area (TPSA) is 9.23 Å². The van der Waals surface area contributed by atoms with Gasteiger partial charge in [-0.25, -0.2) is 4.39 Å². The van der Waals surface area contributed by atoms with Crippen LogP contribution in [0.25, 0.3) is 0 Å². The van der Waals surface area contributed by atoms with Gasteiger partial charge >= 0.3 is 0 Å². The molecule has 0 atom stereocenters. The van der Waals surface area contributed by atoms with Crippen molar-refractivity contribution in [2.75, 3.05) is 6.61 Å². The van der Waals surface area contributed by atoms with E-state index in [1.807, 2.05) is 12.1 Å². The van der Waals surface area contributed by atoms with Gasteiger partial charge in [-0.2, -0.15) is 0 Å². The van der Waals surface area contributed by atoms with Gasteiger partial charge in [-0.15, -0.1) is 6.58 Å². The van der Waals surface area contributed by atoms with Gasteiger partial charge in [0.05, 0.1) is 11.1 Å². The zero-order valence-electron chi connectivity index (χ0n) is 8.51. The van der Waals surface area contributed by atoms with Gasteiger partial charge in [-0.05, 0) is 40.4 Å². The SMILES string of the molecule is C=CCCCOCc1cccc(F)c1Br. The Morgan fingerprint density at radius 3 is 3.00 bits per heavy atom. The highest BCUT2D eigenvalue weighted by molar-refractivity contribution is 9.10. The zero-order valence-corrected chi connectivity index (χ0v) is 10.1. The first-order chi connectivity index (χ1) is 7.25. The van der Waals surface area contributed by atoms with Crippen LogP contribution in [-0.2, 0) is 11.3 Å². The summed E-state index contributed by atoms with van der Waals surface area (Å²) in [5, 5.41) is 0. The highest BCUT2D eigenvalue weighted by Crippen LogP contribution is 2.20. The second-order valence-electron chi connectivity index (χ2n) is 3.20. The first-order valence-corrected chi connectivity index (χ1v) is 5.66. The smallest absolute Gasteiger partial charge is 0.137 e. The molecule has 0 radical (unpaired) electrons. The van der Waals surface area contributed by atoms with E-state index in [1.165, 1.54) is 6.07 Å². The lowest BCUT2D eigenvalue weighted by Crippen LogP contribution is -1.97. The number of halogens is 2. The van der Waals surface area contributed by atoms with Crippen LogP contribution in [0, 0.1) is 5.82 Å². The third-order valence-electron chi connectivity index (χ3n) is 1.99. The fourth-order valence-electron chi connectivity index (χ4n) is 1.17. The van der Waals surface area contributed by atoms with Crippen molar-refractivity contribution in [1.29, 1.82) is 0 Å². The molecule has 0 aliphatic rings. The molecule has 0 aromatic heterocycles. The normalized spacial score (nSPS) is 10.3. The average molecular weight is 273 g/mol. The molecule has 0 aliphatic carbocycles. The Kier molecular flexibility index (Phi) is 5.58. The summed E-state index contributed by atoms with van der Waals surface area (Å²) >= 11 is 3.19. The van der Waals surface area contributed by atoms with Crippen LogP contribution in [0.3, 0.4) is 0 Å². The third kappa shape index (κ3) is 4.14. The molecule has 1 rings (SSSR count). The summed E-state index contributed by atoms with van der Waals surface area (Å²) in [6, 6.07) is 4.95. The summed E-state index contributed by atoms with van der Waals surface area (Å²) in [6.07, 6.45) is 3.77. The maximum atomic E-state index is 13.1. The highest BCUT2D eigenvalue weighted by Gasteiger charge is 2.04. The second-order valence-corrected chi connectivity index (χ2v) is 3.99. The lowest BCUT2D eigenvalue weighted by atomic mass is 10.2. The molecule has 0 fully saturated rings. The number of hydrogen-bond acceptors (Lipinski definition) is 1. The van der Waals surface area contributed by atoms with E-state index in [0.29, 0.717) is 17.7 Å². The molecule has 0 amide bonds. The largest absolute Gasteiger partial charge is 0.377 e. The van der Waals surface area contributed by atoms with Gasteiger partial charge < -0.3 is 4.74 Å². The van der Waals surface area contributed by atoms with Gasteiger partial charge in [-0.3, -0.25) is 0 Å². The molecule has 0 spiro atoms. The van der Waals surface area contributed by atoms with E-state index < -0.39 is 0 Å². The van der Waals surface area contributed by atoms with Gasteiger partial charge in [0.2, 0.25) is 0 Å². The summed E-state index contributed by atoms with van der Waals surface area (Å²) in [4.78, 5) is 0. The molecule has 15 heavy (non-hydrogen) atoms. The van der Waals surface area contributed by atoms with Crippen molar-refractivity contribution in [3.05, 3.63) is 46.7 Å². The van der Waals surface area contributed by atoms with Crippen LogP contribution in [0.15, 0.2) is 35.3 Å². The van der Waals surface area contributed by atoms with Gasteiger partial charge in [0.1, 0.15) is 5.82 Å². The van der Waals surface area contributed by atoms with Crippen molar-refractivity contribution in [3.8, 4) is 0 Å². The van der Waals surface area contributed by atoms with E-state index >= 15 is 0 Å². The molecule has 0 unspecified atom stereocenters. The fraction of sp³-hybridized carbons (Fsp3) is 0.333. The van der Waals surface area contributed by atoms with Crippen molar-refractivity contribution in [1.82, 2.24) is 0 Å². The second kappa shape index (κ2) is 6.75. The molecule has 0 saturated heterocycles. The first kappa shape index (κ1) is 12.4. The average Bonchev–Trinajstić information content (AvgIpc) is 2.24. The van der Waals surface area contributed by atoms with Crippen LogP contribution < -0.4 is 0 Å². The summed E-state index contributed by atoms with van der Waals surface area (Å²) in [7, 11) is 0. The van der Waals surface area contributed by atoms with Gasteiger partial charge in [-0.1, -0.05) is 18.2 Å². The number of ether oxygens (including phenoxy) is 1. The molecular formula is C12H14BrFO. The Balaban J connectivity index is 2.37. The minimum absolute atomic E-state index is 0.248. The molecule has 0 bridgehead atoms. The molecule has 0 heterocycles. The Labute approximate surface area is 98.1 Å². The Morgan fingerprint density at radius 1 is 1.47 bits per heavy atom. The maximum absolute atomic E-state index is 13.1. The molecule has 0 aliphatic heterocycles. The van der Waals surface area contributed by atoms with Crippen LogP contribution in [0.4, 0.5) is 4.39 Å². The van der Waals surface area contributed by atoms with E-state index in [1.54, 1.807) is 6.07 Å². The van der Waals surface area contributed by atoms with Crippen molar-refractivity contribution < 1.29 is 9.13 Å². The van der Waals surface area contributed by atoms with Crippen LogP contribution in [-0.4, -0.2) is 6.61 Å².